The van der Waals surface area contributed by atoms with Crippen molar-refractivity contribution in [3.63, 3.8) is 0 Å². The third-order valence-electron chi connectivity index (χ3n) is 3.39. The van der Waals surface area contributed by atoms with Crippen molar-refractivity contribution in [2.24, 2.45) is 0 Å². The van der Waals surface area contributed by atoms with Crippen LogP contribution in [0.3, 0.4) is 0 Å². The Bertz CT molecular complexity index is 495. The van der Waals surface area contributed by atoms with E-state index in [1.165, 1.54) is 0 Å². The maximum Gasteiger partial charge on any atom is 0.318 e. The number of amides is 2. The van der Waals surface area contributed by atoms with Crippen LogP contribution in [0.2, 0.25) is 0 Å². The lowest BCUT2D eigenvalue weighted by Gasteiger charge is -2.33. The number of rotatable bonds is 6. The molecule has 0 radical (unpaired) electrons. The molecule has 0 aliphatic heterocycles. The maximum absolute atomic E-state index is 12.5. The fourth-order valence-corrected chi connectivity index (χ4v) is 2.28. The van der Waals surface area contributed by atoms with Crippen LogP contribution in [0.25, 0.3) is 0 Å². The van der Waals surface area contributed by atoms with Crippen LogP contribution >= 0.6 is 0 Å². The van der Waals surface area contributed by atoms with Gasteiger partial charge in [0.05, 0.1) is 25.3 Å². The van der Waals surface area contributed by atoms with Gasteiger partial charge in [-0.3, -0.25) is 0 Å². The van der Waals surface area contributed by atoms with E-state index in [9.17, 15) is 9.90 Å². The number of hydrogen-bond donors (Lipinski definition) is 2. The van der Waals surface area contributed by atoms with Crippen molar-refractivity contribution in [2.45, 2.75) is 52.3 Å². The minimum atomic E-state index is -0.935. The number of nitrogens with zero attached hydrogens (tertiary/aromatic N) is 1. The normalized spacial score (nSPS) is 12.9. The lowest BCUT2D eigenvalue weighted by molar-refractivity contribution is 0.0383. The van der Waals surface area contributed by atoms with Crippen molar-refractivity contribution in [2.75, 3.05) is 13.7 Å². The van der Waals surface area contributed by atoms with Crippen LogP contribution in [-0.2, 0) is 0 Å². The van der Waals surface area contributed by atoms with Crippen molar-refractivity contribution in [3.05, 3.63) is 29.8 Å². The Morgan fingerprint density at radius 1 is 1.32 bits per heavy atom. The quantitative estimate of drug-likeness (QED) is 0.849. The molecule has 0 spiro atoms. The lowest BCUT2D eigenvalue weighted by Crippen LogP contribution is -2.50. The molecule has 0 aliphatic rings. The van der Waals surface area contributed by atoms with Crippen molar-refractivity contribution < 1.29 is 14.6 Å². The second-order valence-electron chi connectivity index (χ2n) is 6.45. The molecule has 1 rings (SSSR count). The summed E-state index contributed by atoms with van der Waals surface area (Å²) in [5, 5.41) is 12.9. The SMILES string of the molecule is COc1ccccc1C(C)NC(=O)N(CC(C)(C)O)C(C)C. The fourth-order valence-electron chi connectivity index (χ4n) is 2.28. The molecular formula is C17H28N2O3. The van der Waals surface area contributed by atoms with Crippen LogP contribution in [0.1, 0.15) is 46.2 Å². The van der Waals surface area contributed by atoms with Gasteiger partial charge >= 0.3 is 6.03 Å². The number of para-hydroxylation sites is 1. The number of benzene rings is 1. The van der Waals surface area contributed by atoms with E-state index >= 15 is 0 Å². The highest BCUT2D eigenvalue weighted by Crippen LogP contribution is 2.24. The van der Waals surface area contributed by atoms with E-state index in [1.54, 1.807) is 25.9 Å². The summed E-state index contributed by atoms with van der Waals surface area (Å²) in [6.45, 7) is 9.43. The van der Waals surface area contributed by atoms with Gasteiger partial charge in [0.15, 0.2) is 0 Å². The Morgan fingerprint density at radius 3 is 2.41 bits per heavy atom. The molecule has 124 valence electrons. The molecule has 5 heteroatoms. The second kappa shape index (κ2) is 7.49. The van der Waals surface area contributed by atoms with E-state index in [1.807, 2.05) is 45.0 Å². The minimum Gasteiger partial charge on any atom is -0.496 e. The van der Waals surface area contributed by atoms with Gasteiger partial charge in [0.2, 0.25) is 0 Å². The van der Waals surface area contributed by atoms with Gasteiger partial charge in [0.1, 0.15) is 5.75 Å². The molecule has 0 heterocycles. The topological polar surface area (TPSA) is 61.8 Å². The zero-order chi connectivity index (χ0) is 16.9. The van der Waals surface area contributed by atoms with Crippen LogP contribution in [0.4, 0.5) is 4.79 Å². The number of hydrogen-bond acceptors (Lipinski definition) is 3. The van der Waals surface area contributed by atoms with E-state index in [0.29, 0.717) is 0 Å². The molecule has 1 aromatic rings. The number of ether oxygens (including phenoxy) is 1. The van der Waals surface area contributed by atoms with Crippen molar-refractivity contribution in [1.29, 1.82) is 0 Å². The fraction of sp³-hybridized carbons (Fsp3) is 0.588. The Morgan fingerprint density at radius 2 is 1.91 bits per heavy atom. The Labute approximate surface area is 133 Å². The van der Waals surface area contributed by atoms with Gasteiger partial charge in [-0.05, 0) is 40.7 Å². The summed E-state index contributed by atoms with van der Waals surface area (Å²) in [7, 11) is 1.61. The molecule has 0 aromatic heterocycles. The molecule has 1 atom stereocenters. The predicted molar refractivity (Wildman–Crippen MR) is 88.1 cm³/mol. The Hall–Kier alpha value is -1.75. The summed E-state index contributed by atoms with van der Waals surface area (Å²) in [5.74, 6) is 0.744. The van der Waals surface area contributed by atoms with Crippen molar-refractivity contribution >= 4 is 6.03 Å². The summed E-state index contributed by atoms with van der Waals surface area (Å²) in [4.78, 5) is 14.1. The standard InChI is InChI=1S/C17H28N2O3/c1-12(2)19(11-17(4,5)21)16(20)18-13(3)14-9-7-8-10-15(14)22-6/h7-10,12-13,21H,11H2,1-6H3,(H,18,20). The first kappa shape index (κ1) is 18.3. The smallest absolute Gasteiger partial charge is 0.318 e. The van der Waals surface area contributed by atoms with Gasteiger partial charge in [-0.15, -0.1) is 0 Å². The first-order valence-electron chi connectivity index (χ1n) is 7.58. The molecule has 1 unspecified atom stereocenters. The van der Waals surface area contributed by atoms with Gasteiger partial charge in [0, 0.05) is 11.6 Å². The molecule has 2 amide bonds. The minimum absolute atomic E-state index is 0.00343. The van der Waals surface area contributed by atoms with E-state index < -0.39 is 5.60 Å². The highest BCUT2D eigenvalue weighted by atomic mass is 16.5. The first-order chi connectivity index (χ1) is 10.2. The van der Waals surface area contributed by atoms with Crippen LogP contribution < -0.4 is 10.1 Å². The second-order valence-corrected chi connectivity index (χ2v) is 6.45. The Balaban J connectivity index is 2.84. The molecular weight excluding hydrogens is 280 g/mol. The maximum atomic E-state index is 12.5. The van der Waals surface area contributed by atoms with Gasteiger partial charge in [-0.1, -0.05) is 18.2 Å². The predicted octanol–water partition coefficient (Wildman–Crippen LogP) is 2.95. The van der Waals surface area contributed by atoms with Gasteiger partial charge in [-0.25, -0.2) is 4.79 Å². The molecule has 0 saturated carbocycles. The monoisotopic (exact) mass is 308 g/mol. The lowest BCUT2D eigenvalue weighted by atomic mass is 10.1. The van der Waals surface area contributed by atoms with Gasteiger partial charge in [-0.2, -0.15) is 0 Å². The summed E-state index contributed by atoms with van der Waals surface area (Å²) in [6.07, 6.45) is 0. The summed E-state index contributed by atoms with van der Waals surface area (Å²) in [6, 6.07) is 7.22. The number of carbonyl (C=O) groups is 1. The molecule has 0 aliphatic carbocycles. The van der Waals surface area contributed by atoms with Gasteiger partial charge < -0.3 is 20.1 Å². The van der Waals surface area contributed by atoms with Crippen LogP contribution in [0, 0.1) is 0 Å². The highest BCUT2D eigenvalue weighted by Gasteiger charge is 2.26. The van der Waals surface area contributed by atoms with E-state index in [4.69, 9.17) is 4.74 Å². The largest absolute Gasteiger partial charge is 0.496 e. The van der Waals surface area contributed by atoms with Crippen LogP contribution in [0.15, 0.2) is 24.3 Å². The molecule has 2 N–H and O–H groups in total. The van der Waals surface area contributed by atoms with Crippen molar-refractivity contribution in [3.8, 4) is 5.75 Å². The van der Waals surface area contributed by atoms with Crippen molar-refractivity contribution in [1.82, 2.24) is 10.2 Å². The molecule has 0 saturated heterocycles. The van der Waals surface area contributed by atoms with Crippen LogP contribution in [0.5, 0.6) is 5.75 Å². The number of aliphatic hydroxyl groups is 1. The average Bonchev–Trinajstić information content (AvgIpc) is 2.43. The first-order valence-corrected chi connectivity index (χ1v) is 7.58. The van der Waals surface area contributed by atoms with Gasteiger partial charge in [0.25, 0.3) is 0 Å². The molecule has 1 aromatic carbocycles. The van der Waals surface area contributed by atoms with E-state index in [0.717, 1.165) is 11.3 Å². The average molecular weight is 308 g/mol. The number of methoxy groups -OCH3 is 1. The Kier molecular flexibility index (Phi) is 6.23. The third kappa shape index (κ3) is 5.22. The zero-order valence-corrected chi connectivity index (χ0v) is 14.4. The van der Waals surface area contributed by atoms with E-state index in [2.05, 4.69) is 5.32 Å². The summed E-state index contributed by atoms with van der Waals surface area (Å²) < 4.78 is 5.33. The zero-order valence-electron chi connectivity index (χ0n) is 14.4. The molecule has 5 nitrogen and oxygen atoms in total. The third-order valence-corrected chi connectivity index (χ3v) is 3.39. The number of nitrogens with one attached hydrogen (secondary N) is 1. The summed E-state index contributed by atoms with van der Waals surface area (Å²) in [5.41, 5.74) is -0.0136. The number of carbonyl (C=O) groups excluding carboxylic acids is 1. The van der Waals surface area contributed by atoms with E-state index in [-0.39, 0.29) is 24.7 Å². The number of urea groups is 1. The van der Waals surface area contributed by atoms with Crippen LogP contribution in [-0.4, -0.2) is 41.3 Å². The molecule has 22 heavy (non-hydrogen) atoms. The highest BCUT2D eigenvalue weighted by molar-refractivity contribution is 5.75. The summed E-state index contributed by atoms with van der Waals surface area (Å²) >= 11 is 0. The molecule has 0 fully saturated rings. The molecule has 0 bridgehead atoms.